The molecule has 0 aromatic heterocycles. The van der Waals surface area contributed by atoms with E-state index in [9.17, 15) is 9.59 Å². The lowest BCUT2D eigenvalue weighted by atomic mass is 10.1. The van der Waals surface area contributed by atoms with Crippen molar-refractivity contribution in [2.24, 2.45) is 5.73 Å². The number of hydrogen-bond acceptors (Lipinski definition) is 4. The maximum Gasteiger partial charge on any atom is 0.255 e. The molecule has 6 nitrogen and oxygen atoms in total. The van der Waals surface area contributed by atoms with Crippen molar-refractivity contribution in [2.45, 2.75) is 25.4 Å². The fourth-order valence-electron chi connectivity index (χ4n) is 2.07. The first-order chi connectivity index (χ1) is 10.6. The molecule has 22 heavy (non-hydrogen) atoms. The number of rotatable bonds is 0. The van der Waals surface area contributed by atoms with Crippen LogP contribution in [0.2, 0.25) is 0 Å². The molecular formula is C16H21N3O3. The zero-order valence-corrected chi connectivity index (χ0v) is 12.5. The minimum Gasteiger partial charge on any atom is -0.489 e. The lowest BCUT2D eigenvalue weighted by Crippen LogP contribution is -2.46. The molecule has 0 saturated carbocycles. The zero-order chi connectivity index (χ0) is 15.9. The van der Waals surface area contributed by atoms with E-state index in [0.717, 1.165) is 0 Å². The lowest BCUT2D eigenvalue weighted by Gasteiger charge is -2.18. The number of para-hydroxylation sites is 1. The normalized spacial score (nSPS) is 23.5. The van der Waals surface area contributed by atoms with Crippen molar-refractivity contribution in [1.82, 2.24) is 10.6 Å². The van der Waals surface area contributed by atoms with Crippen molar-refractivity contribution in [3.63, 3.8) is 0 Å². The van der Waals surface area contributed by atoms with E-state index in [0.29, 0.717) is 30.9 Å². The molecular weight excluding hydrogens is 282 g/mol. The Kier molecular flexibility index (Phi) is 5.55. The largest absolute Gasteiger partial charge is 0.489 e. The second kappa shape index (κ2) is 7.61. The molecule has 1 aliphatic rings. The van der Waals surface area contributed by atoms with E-state index in [4.69, 9.17) is 10.5 Å². The van der Waals surface area contributed by atoms with Gasteiger partial charge in [-0.2, -0.15) is 0 Å². The Balaban J connectivity index is 2.18. The highest BCUT2D eigenvalue weighted by Gasteiger charge is 2.17. The Morgan fingerprint density at radius 1 is 1.23 bits per heavy atom. The van der Waals surface area contributed by atoms with Gasteiger partial charge in [0, 0.05) is 12.6 Å². The highest BCUT2D eigenvalue weighted by molar-refractivity contribution is 5.97. The molecule has 0 spiro atoms. The van der Waals surface area contributed by atoms with Crippen LogP contribution in [0.1, 0.15) is 23.7 Å². The van der Waals surface area contributed by atoms with Gasteiger partial charge < -0.3 is 21.1 Å². The van der Waals surface area contributed by atoms with Gasteiger partial charge in [-0.3, -0.25) is 9.59 Å². The summed E-state index contributed by atoms with van der Waals surface area (Å²) < 4.78 is 5.61. The monoisotopic (exact) mass is 303 g/mol. The molecule has 1 aromatic rings. The van der Waals surface area contributed by atoms with Crippen LogP contribution in [0.5, 0.6) is 5.75 Å². The molecule has 4 N–H and O–H groups in total. The van der Waals surface area contributed by atoms with E-state index >= 15 is 0 Å². The first kappa shape index (κ1) is 16.0. The van der Waals surface area contributed by atoms with E-state index in [-0.39, 0.29) is 17.9 Å². The van der Waals surface area contributed by atoms with Crippen LogP contribution in [0, 0.1) is 0 Å². The van der Waals surface area contributed by atoms with Gasteiger partial charge in [0.2, 0.25) is 5.91 Å². The van der Waals surface area contributed by atoms with E-state index in [1.165, 1.54) is 0 Å². The highest BCUT2D eigenvalue weighted by atomic mass is 16.5. The van der Waals surface area contributed by atoms with E-state index in [1.54, 1.807) is 24.3 Å². The molecule has 1 aromatic carbocycles. The van der Waals surface area contributed by atoms with Crippen LogP contribution in [0.15, 0.2) is 36.4 Å². The van der Waals surface area contributed by atoms with Gasteiger partial charge in [-0.15, -0.1) is 0 Å². The molecule has 1 aliphatic heterocycles. The molecule has 0 aliphatic carbocycles. The number of benzene rings is 1. The Morgan fingerprint density at radius 3 is 2.82 bits per heavy atom. The zero-order valence-electron chi connectivity index (χ0n) is 12.5. The van der Waals surface area contributed by atoms with E-state index in [2.05, 4.69) is 10.6 Å². The van der Waals surface area contributed by atoms with Gasteiger partial charge in [0.1, 0.15) is 12.4 Å². The van der Waals surface area contributed by atoms with Crippen molar-refractivity contribution in [3.8, 4) is 5.75 Å². The molecule has 118 valence electrons. The van der Waals surface area contributed by atoms with Gasteiger partial charge in [0.25, 0.3) is 5.91 Å². The first-order valence-corrected chi connectivity index (χ1v) is 7.29. The molecule has 2 rings (SSSR count). The van der Waals surface area contributed by atoms with Crippen molar-refractivity contribution in [2.75, 3.05) is 13.2 Å². The van der Waals surface area contributed by atoms with Gasteiger partial charge in [-0.05, 0) is 25.5 Å². The molecule has 1 heterocycles. The van der Waals surface area contributed by atoms with Crippen LogP contribution in [0.25, 0.3) is 0 Å². The predicted molar refractivity (Wildman–Crippen MR) is 83.6 cm³/mol. The third-order valence-corrected chi connectivity index (χ3v) is 3.32. The van der Waals surface area contributed by atoms with E-state index < -0.39 is 6.04 Å². The van der Waals surface area contributed by atoms with Crippen LogP contribution in [0.3, 0.4) is 0 Å². The number of nitrogens with two attached hydrogens (primary N) is 1. The van der Waals surface area contributed by atoms with Crippen LogP contribution in [-0.2, 0) is 4.79 Å². The van der Waals surface area contributed by atoms with Gasteiger partial charge >= 0.3 is 0 Å². The Hall–Kier alpha value is -2.34. The van der Waals surface area contributed by atoms with Gasteiger partial charge in [0.05, 0.1) is 11.6 Å². The molecule has 0 radical (unpaired) electrons. The second-order valence-corrected chi connectivity index (χ2v) is 5.24. The number of hydrogen-bond donors (Lipinski definition) is 3. The predicted octanol–water partition coefficient (Wildman–Crippen LogP) is 0.587. The molecule has 2 atom stereocenters. The van der Waals surface area contributed by atoms with Crippen molar-refractivity contribution >= 4 is 11.8 Å². The maximum atomic E-state index is 12.3. The summed E-state index contributed by atoms with van der Waals surface area (Å²) in [6, 6.07) is 6.25. The fourth-order valence-corrected chi connectivity index (χ4v) is 2.07. The second-order valence-electron chi connectivity index (χ2n) is 5.24. The van der Waals surface area contributed by atoms with Crippen molar-refractivity contribution < 1.29 is 14.3 Å². The third kappa shape index (κ3) is 4.33. The summed E-state index contributed by atoms with van der Waals surface area (Å²) in [5, 5.41) is 5.57. The Morgan fingerprint density at radius 2 is 2.00 bits per heavy atom. The number of carbonyl (C=O) groups is 2. The number of fused-ring (bicyclic) bond motifs is 1. The minimum absolute atomic E-state index is 0.213. The average molecular weight is 303 g/mol. The molecule has 0 bridgehead atoms. The summed E-state index contributed by atoms with van der Waals surface area (Å²) >= 11 is 0. The molecule has 2 amide bonds. The summed E-state index contributed by atoms with van der Waals surface area (Å²) in [6.45, 7) is 2.46. The lowest BCUT2D eigenvalue weighted by molar-refractivity contribution is -0.122. The molecule has 0 unspecified atom stereocenters. The highest BCUT2D eigenvalue weighted by Crippen LogP contribution is 2.18. The van der Waals surface area contributed by atoms with Gasteiger partial charge in [-0.1, -0.05) is 24.3 Å². The van der Waals surface area contributed by atoms with Gasteiger partial charge in [0.15, 0.2) is 0 Å². The summed E-state index contributed by atoms with van der Waals surface area (Å²) in [6.07, 6.45) is 4.04. The minimum atomic E-state index is -0.602. The summed E-state index contributed by atoms with van der Waals surface area (Å²) in [5.74, 6) is 0.0639. The number of ether oxygens (including phenoxy) is 1. The smallest absolute Gasteiger partial charge is 0.255 e. The third-order valence-electron chi connectivity index (χ3n) is 3.32. The van der Waals surface area contributed by atoms with Gasteiger partial charge in [-0.25, -0.2) is 0 Å². The van der Waals surface area contributed by atoms with Crippen LogP contribution in [0.4, 0.5) is 0 Å². The van der Waals surface area contributed by atoms with Crippen molar-refractivity contribution in [1.29, 1.82) is 0 Å². The summed E-state index contributed by atoms with van der Waals surface area (Å²) in [4.78, 5) is 24.1. The standard InChI is InChI=1S/C16H21N3O3/c1-11-10-18-16(21)13(17)7-4-5-9-22-14-8-3-2-6-12(14)15(20)19-11/h2-6,8,11,13H,7,9-10,17H2,1H3,(H,18,21)(H,19,20)/t11-,13+/m0/s1. The fraction of sp³-hybridized carbons (Fsp3) is 0.375. The number of carbonyl (C=O) groups excluding carboxylic acids is 2. The average Bonchev–Trinajstić information content (AvgIpc) is 2.51. The van der Waals surface area contributed by atoms with E-state index in [1.807, 2.05) is 19.1 Å². The number of nitrogens with one attached hydrogen (secondary N) is 2. The number of amides is 2. The van der Waals surface area contributed by atoms with Crippen LogP contribution >= 0.6 is 0 Å². The maximum absolute atomic E-state index is 12.3. The Bertz CT molecular complexity index is 572. The SMILES string of the molecule is C[C@H]1CNC(=O)[C@H](N)CC=CCOc2ccccc2C(=O)N1. The van der Waals surface area contributed by atoms with Crippen LogP contribution in [-0.4, -0.2) is 37.0 Å². The topological polar surface area (TPSA) is 93.5 Å². The first-order valence-electron chi connectivity index (χ1n) is 7.29. The summed E-state index contributed by atoms with van der Waals surface area (Å²) in [7, 11) is 0. The quantitative estimate of drug-likeness (QED) is 0.611. The van der Waals surface area contributed by atoms with Crippen molar-refractivity contribution in [3.05, 3.63) is 42.0 Å². The molecule has 0 fully saturated rings. The van der Waals surface area contributed by atoms with Crippen LogP contribution < -0.4 is 21.1 Å². The molecule has 6 heteroatoms. The Labute approximate surface area is 129 Å². The molecule has 0 saturated heterocycles. The summed E-state index contributed by atoms with van der Waals surface area (Å²) in [5.41, 5.74) is 6.26.